The Balaban J connectivity index is 1.75. The van der Waals surface area contributed by atoms with Crippen LogP contribution in [-0.2, 0) is 13.1 Å². The molecule has 0 aliphatic rings. The maximum atomic E-state index is 13.3. The summed E-state index contributed by atoms with van der Waals surface area (Å²) in [5, 5.41) is 4.26. The fraction of sp³-hybridized carbons (Fsp3) is 0.200. The number of aromatic nitrogens is 2. The molecule has 3 aromatic carbocycles. The summed E-state index contributed by atoms with van der Waals surface area (Å²) < 4.78 is 1.82. The molecule has 4 aromatic rings. The maximum absolute atomic E-state index is 13.3. The molecule has 29 heavy (non-hydrogen) atoms. The van der Waals surface area contributed by atoms with E-state index in [1.807, 2.05) is 77.4 Å². The third kappa shape index (κ3) is 4.28. The molecule has 0 radical (unpaired) electrons. The summed E-state index contributed by atoms with van der Waals surface area (Å²) in [6.45, 7) is 3.36. The normalized spacial score (nSPS) is 12.2. The van der Waals surface area contributed by atoms with E-state index in [2.05, 4.69) is 24.4 Å². The van der Waals surface area contributed by atoms with Crippen LogP contribution >= 0.6 is 0 Å². The molecule has 4 heteroatoms. The molecule has 0 spiro atoms. The molecule has 0 amide bonds. The van der Waals surface area contributed by atoms with E-state index >= 15 is 0 Å². The minimum Gasteiger partial charge on any atom is -0.303 e. The van der Waals surface area contributed by atoms with Crippen molar-refractivity contribution in [1.82, 2.24) is 14.9 Å². The third-order valence-electron chi connectivity index (χ3n) is 5.19. The first-order valence-electron chi connectivity index (χ1n) is 10.1. The van der Waals surface area contributed by atoms with Crippen molar-refractivity contribution in [2.45, 2.75) is 32.5 Å². The van der Waals surface area contributed by atoms with Gasteiger partial charge in [0, 0.05) is 6.54 Å². The van der Waals surface area contributed by atoms with E-state index in [9.17, 15) is 4.79 Å². The molecule has 0 fully saturated rings. The van der Waals surface area contributed by atoms with Gasteiger partial charge < -0.3 is 5.32 Å². The van der Waals surface area contributed by atoms with Gasteiger partial charge >= 0.3 is 0 Å². The summed E-state index contributed by atoms with van der Waals surface area (Å²) in [6.07, 6.45) is 0.840. The van der Waals surface area contributed by atoms with Crippen LogP contribution in [-0.4, -0.2) is 9.55 Å². The van der Waals surface area contributed by atoms with Gasteiger partial charge in [-0.1, -0.05) is 79.7 Å². The first kappa shape index (κ1) is 19.1. The Hall–Kier alpha value is -3.24. The third-order valence-corrected chi connectivity index (χ3v) is 5.19. The summed E-state index contributed by atoms with van der Waals surface area (Å²) in [7, 11) is 0. The van der Waals surface area contributed by atoms with Gasteiger partial charge in [-0.25, -0.2) is 4.98 Å². The number of nitrogens with zero attached hydrogens (tertiary/aromatic N) is 2. The predicted octanol–water partition coefficient (Wildman–Crippen LogP) is 4.69. The van der Waals surface area contributed by atoms with Crippen LogP contribution in [0.5, 0.6) is 0 Å². The van der Waals surface area contributed by atoms with Crippen molar-refractivity contribution in [3.05, 3.63) is 112 Å². The van der Waals surface area contributed by atoms with E-state index in [1.54, 1.807) is 0 Å². The van der Waals surface area contributed by atoms with E-state index < -0.39 is 0 Å². The molecular formula is C25H25N3O. The Kier molecular flexibility index (Phi) is 5.82. The second-order valence-electron chi connectivity index (χ2n) is 7.19. The van der Waals surface area contributed by atoms with Crippen LogP contribution in [0.3, 0.4) is 0 Å². The highest BCUT2D eigenvalue weighted by atomic mass is 16.1. The van der Waals surface area contributed by atoms with Gasteiger partial charge in [0.1, 0.15) is 5.82 Å². The number of rotatable bonds is 7. The maximum Gasteiger partial charge on any atom is 0.261 e. The topological polar surface area (TPSA) is 46.9 Å². The highest BCUT2D eigenvalue weighted by molar-refractivity contribution is 5.77. The highest BCUT2D eigenvalue weighted by Gasteiger charge is 2.19. The molecule has 1 N–H and O–H groups in total. The lowest BCUT2D eigenvalue weighted by molar-refractivity contribution is 0.466. The van der Waals surface area contributed by atoms with Crippen LogP contribution in [0.2, 0.25) is 0 Å². The van der Waals surface area contributed by atoms with Gasteiger partial charge in [0.2, 0.25) is 0 Å². The van der Waals surface area contributed by atoms with E-state index in [0.717, 1.165) is 29.9 Å². The van der Waals surface area contributed by atoms with Crippen molar-refractivity contribution in [1.29, 1.82) is 0 Å². The van der Waals surface area contributed by atoms with E-state index in [4.69, 9.17) is 4.98 Å². The number of fused-ring (bicyclic) bond motifs is 1. The van der Waals surface area contributed by atoms with Crippen LogP contribution in [0.25, 0.3) is 10.9 Å². The van der Waals surface area contributed by atoms with E-state index in [1.165, 1.54) is 5.56 Å². The van der Waals surface area contributed by atoms with Crippen LogP contribution in [0.1, 0.15) is 36.3 Å². The lowest BCUT2D eigenvalue weighted by atomic mass is 10.1. The molecule has 0 saturated carbocycles. The molecule has 0 aliphatic heterocycles. The van der Waals surface area contributed by atoms with Crippen molar-refractivity contribution in [2.24, 2.45) is 0 Å². The minimum atomic E-state index is -0.0174. The molecule has 0 bridgehead atoms. The summed E-state index contributed by atoms with van der Waals surface area (Å²) in [6, 6.07) is 27.9. The second kappa shape index (κ2) is 8.84. The van der Waals surface area contributed by atoms with Crippen molar-refractivity contribution < 1.29 is 0 Å². The zero-order valence-electron chi connectivity index (χ0n) is 16.6. The average Bonchev–Trinajstić information content (AvgIpc) is 2.78. The largest absolute Gasteiger partial charge is 0.303 e. The summed E-state index contributed by atoms with van der Waals surface area (Å²) in [4.78, 5) is 18.3. The van der Waals surface area contributed by atoms with Gasteiger partial charge in [0.15, 0.2) is 0 Å². The first-order chi connectivity index (χ1) is 14.3. The van der Waals surface area contributed by atoms with Crippen molar-refractivity contribution in [3.63, 3.8) is 0 Å². The minimum absolute atomic E-state index is 0.00872. The Morgan fingerprint density at radius 1 is 0.862 bits per heavy atom. The van der Waals surface area contributed by atoms with Gasteiger partial charge in [-0.3, -0.25) is 9.36 Å². The second-order valence-corrected chi connectivity index (χ2v) is 7.19. The molecular weight excluding hydrogens is 358 g/mol. The van der Waals surface area contributed by atoms with Gasteiger partial charge in [-0.2, -0.15) is 0 Å². The van der Waals surface area contributed by atoms with E-state index in [-0.39, 0.29) is 11.6 Å². The van der Waals surface area contributed by atoms with Crippen LogP contribution in [0.15, 0.2) is 89.7 Å². The van der Waals surface area contributed by atoms with Crippen molar-refractivity contribution in [3.8, 4) is 0 Å². The van der Waals surface area contributed by atoms with Gasteiger partial charge in [-0.15, -0.1) is 0 Å². The summed E-state index contributed by atoms with van der Waals surface area (Å²) in [5.74, 6) is 0.788. The SMILES string of the molecule is CC[C@@H](NCc1ccccc1)c1nc2ccccc2c(=O)n1Cc1ccccc1. The molecule has 4 rings (SSSR count). The first-order valence-corrected chi connectivity index (χ1v) is 10.1. The predicted molar refractivity (Wildman–Crippen MR) is 118 cm³/mol. The van der Waals surface area contributed by atoms with Crippen LogP contribution in [0.4, 0.5) is 0 Å². The van der Waals surface area contributed by atoms with Crippen LogP contribution < -0.4 is 10.9 Å². The zero-order valence-corrected chi connectivity index (χ0v) is 16.6. The summed E-state index contributed by atoms with van der Waals surface area (Å²) >= 11 is 0. The monoisotopic (exact) mass is 383 g/mol. The fourth-order valence-electron chi connectivity index (χ4n) is 3.63. The average molecular weight is 383 g/mol. The smallest absolute Gasteiger partial charge is 0.261 e. The number of nitrogens with one attached hydrogen (secondary N) is 1. The highest BCUT2D eigenvalue weighted by Crippen LogP contribution is 2.19. The standard InChI is InChI=1S/C25H25N3O/c1-2-22(26-17-19-11-5-3-6-12-19)24-27-23-16-10-9-15-21(23)25(29)28(24)18-20-13-7-4-8-14-20/h3-16,22,26H,2,17-18H2,1H3/t22-/m1/s1. The Morgan fingerprint density at radius 2 is 1.48 bits per heavy atom. The lowest BCUT2D eigenvalue weighted by Gasteiger charge is -2.22. The number of para-hydroxylation sites is 1. The lowest BCUT2D eigenvalue weighted by Crippen LogP contribution is -2.32. The van der Waals surface area contributed by atoms with E-state index in [0.29, 0.717) is 11.9 Å². The summed E-state index contributed by atoms with van der Waals surface area (Å²) in [5.41, 5.74) is 3.06. The molecule has 1 heterocycles. The molecule has 1 atom stereocenters. The molecule has 0 aliphatic carbocycles. The van der Waals surface area contributed by atoms with Crippen molar-refractivity contribution >= 4 is 10.9 Å². The molecule has 1 aromatic heterocycles. The molecule has 0 saturated heterocycles. The van der Waals surface area contributed by atoms with Crippen LogP contribution in [0, 0.1) is 0 Å². The number of hydrogen-bond acceptors (Lipinski definition) is 3. The Labute approximate surface area is 170 Å². The quantitative estimate of drug-likeness (QED) is 0.504. The van der Waals surface area contributed by atoms with Gasteiger partial charge in [-0.05, 0) is 29.7 Å². The molecule has 146 valence electrons. The number of benzene rings is 3. The Morgan fingerprint density at radius 3 is 2.17 bits per heavy atom. The number of hydrogen-bond donors (Lipinski definition) is 1. The van der Waals surface area contributed by atoms with Crippen molar-refractivity contribution in [2.75, 3.05) is 0 Å². The van der Waals surface area contributed by atoms with Gasteiger partial charge in [0.05, 0.1) is 23.5 Å². The zero-order chi connectivity index (χ0) is 20.1. The molecule has 0 unspecified atom stereocenters. The van der Waals surface area contributed by atoms with Gasteiger partial charge in [0.25, 0.3) is 5.56 Å². The fourth-order valence-corrected chi connectivity index (χ4v) is 3.63. The Bertz CT molecular complexity index is 1140. The molecule has 4 nitrogen and oxygen atoms in total.